The van der Waals surface area contributed by atoms with Crippen LogP contribution >= 0.6 is 0 Å². The van der Waals surface area contributed by atoms with Crippen LogP contribution in [0.2, 0.25) is 0 Å². The van der Waals surface area contributed by atoms with Crippen molar-refractivity contribution in [3.8, 4) is 0 Å². The average Bonchev–Trinajstić information content (AvgIpc) is 1.61. The molecule has 0 aromatic rings. The number of carboxylic acid groups (broad SMARTS) is 2. The summed E-state index contributed by atoms with van der Waals surface area (Å²) in [5.41, 5.74) is 0. The van der Waals surface area contributed by atoms with Gasteiger partial charge in [0.15, 0.2) is 0 Å². The van der Waals surface area contributed by atoms with Crippen LogP contribution in [0.5, 0.6) is 0 Å². The summed E-state index contributed by atoms with van der Waals surface area (Å²) in [6.07, 6.45) is 1.12. The van der Waals surface area contributed by atoms with Gasteiger partial charge in [-0.05, 0) is 0 Å². The van der Waals surface area contributed by atoms with Gasteiger partial charge in [-0.1, -0.05) is 0 Å². The quantitative estimate of drug-likeness (QED) is 0.725. The first kappa shape index (κ1) is 22.4. The normalized spacial score (nSPS) is 6.91. The Bertz CT molecular complexity index is 131. The van der Waals surface area contributed by atoms with Crippen LogP contribution in [0.4, 0.5) is 0 Å². The molecule has 0 aliphatic heterocycles. The van der Waals surface area contributed by atoms with Crippen molar-refractivity contribution in [2.45, 2.75) is 0 Å². The second-order valence-electron chi connectivity index (χ2n) is 1.01. The van der Waals surface area contributed by atoms with Crippen molar-refractivity contribution in [2.75, 3.05) is 0 Å². The first-order valence-electron chi connectivity index (χ1n) is 1.77. The van der Waals surface area contributed by atoms with Crippen molar-refractivity contribution in [1.29, 1.82) is 0 Å². The fourth-order valence-electron chi connectivity index (χ4n) is 0.143. The third-order valence-electron chi connectivity index (χ3n) is 0.368. The molecule has 0 spiro atoms. The SMILES string of the molecule is O=C(O)C=CC(=O)O.[NH2-].[NH2-].[Pt+2]. The number of carboxylic acids is 2. The van der Waals surface area contributed by atoms with Gasteiger partial charge in [0.1, 0.15) is 0 Å². The Morgan fingerprint density at radius 1 is 0.909 bits per heavy atom. The number of rotatable bonds is 2. The Balaban J connectivity index is -0.0000000817. The van der Waals surface area contributed by atoms with Crippen molar-refractivity contribution in [2.24, 2.45) is 0 Å². The maximum Gasteiger partial charge on any atom is 2.00 e. The summed E-state index contributed by atoms with van der Waals surface area (Å²) in [4.78, 5) is 19.1. The molecule has 0 bridgehead atoms. The van der Waals surface area contributed by atoms with Gasteiger partial charge < -0.3 is 22.5 Å². The van der Waals surface area contributed by atoms with E-state index in [9.17, 15) is 9.59 Å². The molecule has 68 valence electrons. The minimum atomic E-state index is -1.26. The summed E-state index contributed by atoms with van der Waals surface area (Å²) >= 11 is 0. The third kappa shape index (κ3) is 26.8. The minimum Gasteiger partial charge on any atom is -0.693 e. The molecule has 0 aliphatic rings. The minimum absolute atomic E-state index is 0. The summed E-state index contributed by atoms with van der Waals surface area (Å²) in [6, 6.07) is 0. The monoisotopic (exact) mass is 343 g/mol. The van der Waals surface area contributed by atoms with E-state index in [1.54, 1.807) is 0 Å². The fourth-order valence-corrected chi connectivity index (χ4v) is 0.143. The third-order valence-corrected chi connectivity index (χ3v) is 0.368. The number of carbonyl (C=O) groups is 2. The zero-order valence-electron chi connectivity index (χ0n) is 5.34. The van der Waals surface area contributed by atoms with E-state index in [1.807, 2.05) is 0 Å². The van der Waals surface area contributed by atoms with E-state index >= 15 is 0 Å². The zero-order chi connectivity index (χ0) is 6.57. The molecular formula is C4H8N2O4Pt. The summed E-state index contributed by atoms with van der Waals surface area (Å²) < 4.78 is 0. The molecule has 0 heterocycles. The van der Waals surface area contributed by atoms with Gasteiger partial charge >= 0.3 is 33.0 Å². The number of hydrogen-bond donors (Lipinski definition) is 2. The molecule has 0 rings (SSSR count). The molecule has 0 fully saturated rings. The second-order valence-corrected chi connectivity index (χ2v) is 1.01. The molecule has 11 heavy (non-hydrogen) atoms. The Labute approximate surface area is 77.7 Å². The van der Waals surface area contributed by atoms with Crippen LogP contribution in [-0.4, -0.2) is 22.2 Å². The molecular weight excluding hydrogens is 335 g/mol. The van der Waals surface area contributed by atoms with E-state index < -0.39 is 11.9 Å². The van der Waals surface area contributed by atoms with Crippen molar-refractivity contribution in [3.63, 3.8) is 0 Å². The van der Waals surface area contributed by atoms with Crippen molar-refractivity contribution in [1.82, 2.24) is 0 Å². The summed E-state index contributed by atoms with van der Waals surface area (Å²) in [5.74, 6) is -2.51. The van der Waals surface area contributed by atoms with E-state index in [0.717, 1.165) is 0 Å². The molecule has 0 atom stereocenters. The number of hydrogen-bond acceptors (Lipinski definition) is 2. The standard InChI is InChI=1S/C4H4O4.2H2N.Pt/c5-3(6)1-2-4(7)8;;;/h1-2H,(H,5,6)(H,7,8);2*1H2;/q;2*-1;+2. The molecule has 7 heteroatoms. The molecule has 0 aromatic carbocycles. The van der Waals surface area contributed by atoms with Crippen molar-refractivity contribution < 1.29 is 40.9 Å². The van der Waals surface area contributed by atoms with Crippen LogP contribution in [0, 0.1) is 0 Å². The summed E-state index contributed by atoms with van der Waals surface area (Å²) in [6.45, 7) is 0. The van der Waals surface area contributed by atoms with Gasteiger partial charge in [0.2, 0.25) is 0 Å². The van der Waals surface area contributed by atoms with Crippen LogP contribution < -0.4 is 0 Å². The van der Waals surface area contributed by atoms with Crippen LogP contribution in [0.25, 0.3) is 12.3 Å². The van der Waals surface area contributed by atoms with Crippen molar-refractivity contribution in [3.05, 3.63) is 24.5 Å². The average molecular weight is 343 g/mol. The van der Waals surface area contributed by atoms with E-state index in [4.69, 9.17) is 10.2 Å². The van der Waals surface area contributed by atoms with E-state index in [-0.39, 0.29) is 33.4 Å². The van der Waals surface area contributed by atoms with E-state index in [0.29, 0.717) is 12.2 Å². The van der Waals surface area contributed by atoms with Crippen LogP contribution in [-0.2, 0) is 30.7 Å². The molecule has 0 aliphatic carbocycles. The van der Waals surface area contributed by atoms with Crippen LogP contribution in [0.3, 0.4) is 0 Å². The van der Waals surface area contributed by atoms with E-state index in [1.165, 1.54) is 0 Å². The van der Waals surface area contributed by atoms with E-state index in [2.05, 4.69) is 0 Å². The summed E-state index contributed by atoms with van der Waals surface area (Å²) in [5, 5.41) is 15.6. The molecule has 0 amide bonds. The number of nitrogens with two attached hydrogens (primary N) is 2. The van der Waals surface area contributed by atoms with Gasteiger partial charge in [0.05, 0.1) is 0 Å². The van der Waals surface area contributed by atoms with Gasteiger partial charge in [-0.2, -0.15) is 0 Å². The first-order chi connectivity index (χ1) is 3.63. The van der Waals surface area contributed by atoms with Gasteiger partial charge in [-0.3, -0.25) is 0 Å². The molecule has 6 nitrogen and oxygen atoms in total. The molecule has 0 saturated carbocycles. The maximum absolute atomic E-state index is 9.55. The zero-order valence-corrected chi connectivity index (χ0v) is 7.61. The predicted molar refractivity (Wildman–Crippen MR) is 35.0 cm³/mol. The van der Waals surface area contributed by atoms with Gasteiger partial charge in [-0.25, -0.2) is 9.59 Å². The summed E-state index contributed by atoms with van der Waals surface area (Å²) in [7, 11) is 0. The Morgan fingerprint density at radius 2 is 1.09 bits per heavy atom. The Morgan fingerprint density at radius 3 is 1.18 bits per heavy atom. The molecule has 6 N–H and O–H groups in total. The molecule has 0 saturated heterocycles. The number of aliphatic carboxylic acids is 2. The van der Waals surface area contributed by atoms with Gasteiger partial charge in [-0.15, -0.1) is 0 Å². The van der Waals surface area contributed by atoms with Gasteiger partial charge in [0, 0.05) is 12.2 Å². The molecule has 0 aromatic heterocycles. The Kier molecular flexibility index (Phi) is 24.5. The Hall–Kier alpha value is -0.712. The molecule has 0 radical (unpaired) electrons. The molecule has 0 unspecified atom stereocenters. The van der Waals surface area contributed by atoms with Crippen LogP contribution in [0.15, 0.2) is 12.2 Å². The van der Waals surface area contributed by atoms with Crippen molar-refractivity contribution >= 4 is 11.9 Å². The smallest absolute Gasteiger partial charge is 0.693 e. The largest absolute Gasteiger partial charge is 2.00 e. The predicted octanol–water partition coefficient (Wildman–Crippen LogP) is 1.14. The topological polar surface area (TPSA) is 142 Å². The maximum atomic E-state index is 9.55. The fraction of sp³-hybridized carbons (Fsp3) is 0. The first-order valence-corrected chi connectivity index (χ1v) is 1.77. The second kappa shape index (κ2) is 12.0. The van der Waals surface area contributed by atoms with Gasteiger partial charge in [0.25, 0.3) is 0 Å². The van der Waals surface area contributed by atoms with Crippen LogP contribution in [0.1, 0.15) is 0 Å².